The van der Waals surface area contributed by atoms with Crippen molar-refractivity contribution in [1.29, 1.82) is 42.1 Å². The van der Waals surface area contributed by atoms with Gasteiger partial charge in [0, 0.05) is 90.6 Å². The lowest BCUT2D eigenvalue weighted by Crippen LogP contribution is -2.39. The van der Waals surface area contributed by atoms with Crippen LogP contribution >= 0.6 is 0 Å². The Morgan fingerprint density at radius 3 is 0.337 bits per heavy atom. The van der Waals surface area contributed by atoms with Gasteiger partial charge in [-0.2, -0.15) is 0 Å². The second kappa shape index (κ2) is 58.0. The monoisotopic (exact) mass is 1430 g/mol. The van der Waals surface area contributed by atoms with Gasteiger partial charge in [-0.15, -0.1) is 36.5 Å². The molecular weight excluding hydrogens is 1350 g/mol. The highest BCUT2D eigenvalue weighted by Gasteiger charge is 2.12. The fourth-order valence-corrected chi connectivity index (χ4v) is 7.07. The molecule has 0 unspecified atom stereocenters. The van der Waals surface area contributed by atoms with Crippen LogP contribution < -0.4 is 116 Å². The van der Waals surface area contributed by atoms with Gasteiger partial charge < -0.3 is 57.5 Å². The highest BCUT2D eigenvalue weighted by molar-refractivity contribution is 6.27. The lowest BCUT2D eigenvalue weighted by molar-refractivity contribution is -0.573. The summed E-state index contributed by atoms with van der Waals surface area (Å²) < 4.78 is 51.7. The summed E-state index contributed by atoms with van der Waals surface area (Å²) >= 11 is 0. The van der Waals surface area contributed by atoms with E-state index in [0.717, 1.165) is 46.5 Å². The van der Waals surface area contributed by atoms with Crippen molar-refractivity contribution in [1.82, 2.24) is 0 Å². The van der Waals surface area contributed by atoms with E-state index in [4.69, 9.17) is 82.3 Å². The molecule has 0 saturated heterocycles. The Kier molecular flexibility index (Phi) is 54.4. The summed E-state index contributed by atoms with van der Waals surface area (Å²) in [5.74, 6) is 7.07. The Morgan fingerprint density at radius 2 is 0.288 bits per heavy atom. The summed E-state index contributed by atoms with van der Waals surface area (Å²) in [5, 5.41) is 136. The number of rotatable bonds is 8. The number of aromatic nitrogens is 8. The van der Waals surface area contributed by atoms with E-state index < -0.39 is 29.6 Å². The van der Waals surface area contributed by atoms with Crippen LogP contribution in [0.2, 0.25) is 0 Å². The van der Waals surface area contributed by atoms with Crippen LogP contribution in [-0.4, -0.2) is 142 Å². The van der Waals surface area contributed by atoms with Crippen LogP contribution in [0.5, 0.6) is 0 Å². The molecule has 0 bridgehead atoms. The third-order valence-corrected chi connectivity index (χ3v) is 11.2. The molecule has 544 valence electrons. The molecule has 40 heteroatoms. The molecule has 0 radical (unpaired) electrons. The molecule has 8 heterocycles. The number of anilines is 8. The molecule has 0 N–H and O–H groups in total. The largest absolute Gasteiger partial charge is 0.867 e. The van der Waals surface area contributed by atoms with Gasteiger partial charge in [0.2, 0.25) is 46.5 Å². The summed E-state index contributed by atoms with van der Waals surface area (Å²) in [6, 6.07) is 45.0. The minimum absolute atomic E-state index is 0.884. The van der Waals surface area contributed by atoms with E-state index in [1.54, 1.807) is 49.6 Å². The van der Waals surface area contributed by atoms with Crippen molar-refractivity contribution in [3.05, 3.63) is 195 Å². The second-order valence-electron chi connectivity index (χ2n) is 20.5. The molecule has 0 fully saturated rings. The number of halogens is 4. The Balaban J connectivity index is -0.000000533. The van der Waals surface area contributed by atoms with E-state index >= 15 is 0 Å². The van der Waals surface area contributed by atoms with Gasteiger partial charge in [0.15, 0.2) is 0 Å². The fourth-order valence-electron chi connectivity index (χ4n) is 7.07. The number of hydrogen-bond acceptors (Lipinski definition) is 24. The topological polar surface area (TPSA) is 432 Å². The maximum atomic E-state index is 9.89. The van der Waals surface area contributed by atoms with Crippen LogP contribution in [0.4, 0.5) is 63.8 Å². The van der Waals surface area contributed by atoms with Gasteiger partial charge in [-0.05, 0) is 48.5 Å². The lowest BCUT2D eigenvalue weighted by atomic mass is 10.3. The highest BCUT2D eigenvalue weighted by Crippen LogP contribution is 2.06. The maximum Gasteiger partial charge on any atom is 0.375 e. The standard InChI is InChI=1S/8C8H10N3.4BFO2/c8*1-10(2)8-5-3-4-6-11(8)7-9;4*2-1(3)4/h8*3-6H,1-2H3;;;;/q8*+1;4*-2. The average molecular weight is 1430 g/mol. The molecule has 0 saturated carbocycles. The molecule has 0 aromatic carbocycles. The molecule has 0 amide bonds. The lowest BCUT2D eigenvalue weighted by Gasteiger charge is -2.09. The third kappa shape index (κ3) is 45.7. The van der Waals surface area contributed by atoms with E-state index in [0.29, 0.717) is 0 Å². The predicted octanol–water partition coefficient (Wildman–Crippen LogP) is -6.40. The first kappa shape index (κ1) is 97.6. The third-order valence-electron chi connectivity index (χ3n) is 11.2. The van der Waals surface area contributed by atoms with E-state index in [-0.39, 0.29) is 0 Å². The van der Waals surface area contributed by atoms with Crippen LogP contribution in [0, 0.1) is 91.6 Å². The molecule has 0 atom stereocenters. The first-order valence-electron chi connectivity index (χ1n) is 29.4. The summed E-state index contributed by atoms with van der Waals surface area (Å²) in [7, 11) is 17.8. The van der Waals surface area contributed by atoms with Crippen LogP contribution in [0.1, 0.15) is 0 Å². The van der Waals surface area contributed by atoms with E-state index in [1.807, 2.05) is 298 Å². The quantitative estimate of drug-likeness (QED) is 0.0775. The Hall–Kier alpha value is -12.8. The van der Waals surface area contributed by atoms with Crippen molar-refractivity contribution in [3.8, 4) is 49.5 Å². The molecule has 0 aliphatic heterocycles. The zero-order valence-electron chi connectivity index (χ0n) is 60.3. The van der Waals surface area contributed by atoms with Crippen molar-refractivity contribution in [3.63, 3.8) is 0 Å². The van der Waals surface area contributed by atoms with E-state index in [2.05, 4.69) is 49.5 Å². The minimum Gasteiger partial charge on any atom is -0.867 e. The van der Waals surface area contributed by atoms with Crippen molar-refractivity contribution in [2.75, 3.05) is 152 Å². The number of nitriles is 8. The van der Waals surface area contributed by atoms with Crippen LogP contribution in [0.15, 0.2) is 195 Å². The molecule has 8 rings (SSSR count). The zero-order valence-corrected chi connectivity index (χ0v) is 60.3. The Bertz CT molecular complexity index is 3290. The zero-order chi connectivity index (χ0) is 80.5. The smallest absolute Gasteiger partial charge is 0.375 e. The van der Waals surface area contributed by atoms with Crippen LogP contribution in [0.25, 0.3) is 0 Å². The predicted molar refractivity (Wildman–Crippen MR) is 363 cm³/mol. The summed E-state index contributed by atoms with van der Waals surface area (Å²) in [6.07, 6.45) is 30.3. The summed E-state index contributed by atoms with van der Waals surface area (Å²) in [5.41, 5.74) is 0. The van der Waals surface area contributed by atoms with Crippen LogP contribution in [0.3, 0.4) is 0 Å². The minimum atomic E-state index is -3.17. The molecule has 8 aromatic heterocycles. The molecule has 0 aliphatic rings. The fraction of sp³-hybridized carbons (Fsp3) is 0.250. The molecule has 104 heavy (non-hydrogen) atoms. The van der Waals surface area contributed by atoms with E-state index in [9.17, 15) is 17.3 Å². The molecule has 8 aromatic rings. The van der Waals surface area contributed by atoms with Gasteiger partial charge in [-0.1, -0.05) is 48.5 Å². The van der Waals surface area contributed by atoms with Crippen molar-refractivity contribution in [2.45, 2.75) is 0 Å². The van der Waals surface area contributed by atoms with Gasteiger partial charge in [0.25, 0.3) is 0 Å². The van der Waals surface area contributed by atoms with Gasteiger partial charge >= 0.3 is 49.5 Å². The van der Waals surface area contributed by atoms with Gasteiger partial charge in [-0.3, -0.25) is 39.2 Å². The van der Waals surface area contributed by atoms with E-state index in [1.165, 1.54) is 36.5 Å². The van der Waals surface area contributed by atoms with Crippen LogP contribution in [-0.2, 0) is 0 Å². The second-order valence-corrected chi connectivity index (χ2v) is 20.5. The van der Waals surface area contributed by atoms with Gasteiger partial charge in [0.1, 0.15) is 29.6 Å². The first-order chi connectivity index (χ1) is 49.0. The van der Waals surface area contributed by atoms with Gasteiger partial charge in [0.05, 0.1) is 162 Å². The molecular formula is C64H80B4F4N24O8. The highest BCUT2D eigenvalue weighted by atomic mass is 19.1. The molecule has 0 spiro atoms. The SMILES string of the molecule is CN(C)c1cccc[n+]1C#N.CN(C)c1cccc[n+]1C#N.CN(C)c1cccc[n+]1C#N.CN(C)c1cccc[n+]1C#N.CN(C)c1cccc[n+]1C#N.CN(C)c1cccc[n+]1C#N.CN(C)c1cccc[n+]1C#N.CN(C)c1cccc[n+]1C#N.[O-]B([O-])F.[O-]B([O-])F.[O-]B([O-])F.[O-]B([O-])F. The maximum absolute atomic E-state index is 9.89. The summed E-state index contributed by atoms with van der Waals surface area (Å²) in [6.45, 7) is 0. The average Bonchev–Trinajstić information content (AvgIpc) is 0.979. The van der Waals surface area contributed by atoms with Crippen molar-refractivity contribution >= 4 is 76.1 Å². The van der Waals surface area contributed by atoms with Crippen molar-refractivity contribution in [2.24, 2.45) is 0 Å². The molecule has 0 aliphatic carbocycles. The first-order valence-corrected chi connectivity index (χ1v) is 29.4. The number of nitrogens with zero attached hydrogens (tertiary/aromatic N) is 24. The normalized spacial score (nSPS) is 8.50. The molecule has 32 nitrogen and oxygen atoms in total. The number of hydrogen-bond donors (Lipinski definition) is 0. The Labute approximate surface area is 606 Å². The van der Waals surface area contributed by atoms with Gasteiger partial charge in [-0.25, -0.2) is 0 Å². The summed E-state index contributed by atoms with van der Waals surface area (Å²) in [4.78, 5) is 15.1. The number of pyridine rings is 8. The Morgan fingerprint density at radius 1 is 0.212 bits per heavy atom. The van der Waals surface area contributed by atoms with Crippen molar-refractivity contribution < 1.29 is 94.0 Å².